The van der Waals surface area contributed by atoms with Crippen LogP contribution in [0.2, 0.25) is 0 Å². The first-order valence-corrected chi connectivity index (χ1v) is 13.0. The van der Waals surface area contributed by atoms with Crippen LogP contribution in [0.4, 0.5) is 26.3 Å². The van der Waals surface area contributed by atoms with Crippen molar-refractivity contribution < 1.29 is 26.3 Å². The van der Waals surface area contributed by atoms with Gasteiger partial charge in [0.2, 0.25) is 11.6 Å². The zero-order valence-corrected chi connectivity index (χ0v) is 23.9. The van der Waals surface area contributed by atoms with E-state index in [0.29, 0.717) is 24.8 Å². The van der Waals surface area contributed by atoms with E-state index in [0.717, 1.165) is 0 Å². The van der Waals surface area contributed by atoms with Crippen LogP contribution >= 0.6 is 0 Å². The van der Waals surface area contributed by atoms with E-state index in [2.05, 4.69) is 19.9 Å². The van der Waals surface area contributed by atoms with Crippen LogP contribution in [0.3, 0.4) is 0 Å². The number of allylic oxidation sites excluding steroid dienone is 8. The molecule has 0 atom stereocenters. The smallest absolute Gasteiger partial charge is 0.232 e. The van der Waals surface area contributed by atoms with E-state index in [-0.39, 0.29) is 11.1 Å². The summed E-state index contributed by atoms with van der Waals surface area (Å²) in [5, 5.41) is 81.6. The summed E-state index contributed by atoms with van der Waals surface area (Å²) in [6, 6.07) is 13.4. The summed E-state index contributed by atoms with van der Waals surface area (Å²) in [6.07, 6.45) is -7.47. The lowest BCUT2D eigenvalue weighted by Crippen LogP contribution is -2.11. The van der Waals surface area contributed by atoms with Crippen LogP contribution in [0.25, 0.3) is 33.4 Å². The van der Waals surface area contributed by atoms with Crippen molar-refractivity contribution in [1.82, 2.24) is 19.9 Å². The number of hydrogen-bond acceptors (Lipinski definition) is 12. The van der Waals surface area contributed by atoms with E-state index in [1.54, 1.807) is 48.6 Å². The van der Waals surface area contributed by atoms with E-state index < -0.39 is 102 Å². The van der Waals surface area contributed by atoms with Crippen molar-refractivity contribution >= 4 is 33.4 Å². The quantitative estimate of drug-likeness (QED) is 0.241. The summed E-state index contributed by atoms with van der Waals surface area (Å²) in [4.78, 5) is 13.0. The Morgan fingerprint density at radius 1 is 0.460 bits per heavy atom. The summed E-state index contributed by atoms with van der Waals surface area (Å²) in [7, 11) is 0. The van der Waals surface area contributed by atoms with Crippen molar-refractivity contribution in [2.75, 3.05) is 0 Å². The Morgan fingerprint density at radius 2 is 0.760 bits per heavy atom. The molecule has 0 N–H and O–H groups in total. The van der Waals surface area contributed by atoms with Crippen LogP contribution in [0, 0.1) is 90.6 Å². The summed E-state index contributed by atoms with van der Waals surface area (Å²) < 4.78 is 79.6. The van der Waals surface area contributed by atoms with Gasteiger partial charge < -0.3 is 0 Å². The zero-order chi connectivity index (χ0) is 36.7. The molecule has 2 aromatic heterocycles. The molecule has 0 saturated heterocycles. The predicted molar refractivity (Wildman–Crippen MR) is 151 cm³/mol. The van der Waals surface area contributed by atoms with Crippen molar-refractivity contribution in [2.45, 2.75) is 12.4 Å². The number of hydrogen-bond donors (Lipinski definition) is 0. The SMILES string of the molecule is N#CC(C#N)=C1C(c2cnc(C(F)(F)F)nc2)=C(C#N)c2c(C#N)c3c(c(C#N)c21)C(=C(C#N)C#N)C(c1cnc(C(F)(F)F)nc1)=C3C#N. The molecule has 234 valence electrons. The number of rotatable bonds is 2. The third-order valence-corrected chi connectivity index (χ3v) is 7.28. The molecule has 0 radical (unpaired) electrons. The highest BCUT2D eigenvalue weighted by atomic mass is 19.4. The van der Waals surface area contributed by atoms with E-state index >= 15 is 0 Å². The maximum atomic E-state index is 13.3. The van der Waals surface area contributed by atoms with E-state index in [4.69, 9.17) is 0 Å². The van der Waals surface area contributed by atoms with Gasteiger partial charge in [0.05, 0.1) is 22.3 Å². The normalized spacial score (nSPS) is 13.0. The van der Waals surface area contributed by atoms with Gasteiger partial charge in [-0.1, -0.05) is 0 Å². The molecule has 2 aliphatic rings. The number of halogens is 6. The number of aromatic nitrogens is 4. The van der Waals surface area contributed by atoms with Gasteiger partial charge >= 0.3 is 12.4 Å². The molecule has 0 bridgehead atoms. The van der Waals surface area contributed by atoms with Gasteiger partial charge in [-0.25, -0.2) is 19.9 Å². The molecule has 0 spiro atoms. The number of nitriles is 8. The Bertz CT molecular complexity index is 2370. The second-order valence-corrected chi connectivity index (χ2v) is 9.73. The minimum Gasteiger partial charge on any atom is -0.232 e. The highest BCUT2D eigenvalue weighted by Crippen LogP contribution is 2.57. The molecule has 12 nitrogen and oxygen atoms in total. The first kappa shape index (κ1) is 33.2. The second-order valence-electron chi connectivity index (χ2n) is 9.73. The van der Waals surface area contributed by atoms with Crippen molar-refractivity contribution in [3.05, 3.63) is 92.1 Å². The van der Waals surface area contributed by atoms with Gasteiger partial charge in [0.25, 0.3) is 0 Å². The van der Waals surface area contributed by atoms with Gasteiger partial charge in [0.1, 0.15) is 59.7 Å². The van der Waals surface area contributed by atoms with Gasteiger partial charge in [-0.2, -0.15) is 68.4 Å². The maximum Gasteiger partial charge on any atom is 0.451 e. The lowest BCUT2D eigenvalue weighted by Gasteiger charge is -2.16. The van der Waals surface area contributed by atoms with Crippen LogP contribution in [0.5, 0.6) is 0 Å². The summed E-state index contributed by atoms with van der Waals surface area (Å²) in [6.45, 7) is 0. The predicted octanol–water partition coefficient (Wildman–Crippen LogP) is 5.55. The topological polar surface area (TPSA) is 242 Å². The van der Waals surface area contributed by atoms with Gasteiger partial charge in [-0.15, -0.1) is 0 Å². The minimum absolute atomic E-state index is 0.360. The van der Waals surface area contributed by atoms with E-state index in [1.807, 2.05) is 0 Å². The van der Waals surface area contributed by atoms with Crippen molar-refractivity contribution in [3.63, 3.8) is 0 Å². The Hall–Kier alpha value is -8.16. The van der Waals surface area contributed by atoms with E-state index in [9.17, 15) is 68.4 Å². The Balaban J connectivity index is 2.03. The van der Waals surface area contributed by atoms with Gasteiger partial charge in [0, 0.05) is 80.5 Å². The first-order valence-electron chi connectivity index (χ1n) is 13.0. The molecule has 5 rings (SSSR count). The molecule has 2 heterocycles. The van der Waals surface area contributed by atoms with Crippen LogP contribution in [-0.2, 0) is 12.4 Å². The van der Waals surface area contributed by atoms with Crippen LogP contribution in [0.15, 0.2) is 35.9 Å². The molecular formula is C32H4F6N12. The molecule has 0 unspecified atom stereocenters. The van der Waals surface area contributed by atoms with Crippen molar-refractivity contribution in [1.29, 1.82) is 42.1 Å². The summed E-state index contributed by atoms with van der Waals surface area (Å²) in [5.74, 6) is -3.18. The Labute approximate surface area is 274 Å². The Kier molecular flexibility index (Phi) is 7.90. The average Bonchev–Trinajstić information content (AvgIpc) is 3.61. The molecule has 0 amide bonds. The average molecular weight is 670 g/mol. The van der Waals surface area contributed by atoms with Crippen molar-refractivity contribution in [3.8, 4) is 48.6 Å². The fourth-order valence-electron chi connectivity index (χ4n) is 5.51. The standard InChI is InChI=1S/C32H4F6N12/c33-31(34,35)29-47-9-15(10-48-29)21-17(5-43)25-19(7-45)26-18(6-44)22(16-11-49-30(50-12-16)32(36,37)38)24(14(3-41)4-42)28(26)20(8-46)27(25)23(21)13(1-39)2-40/h9-12H. The monoisotopic (exact) mass is 670 g/mol. The van der Waals surface area contributed by atoms with Crippen LogP contribution in [0.1, 0.15) is 56.2 Å². The van der Waals surface area contributed by atoms with Crippen LogP contribution < -0.4 is 0 Å². The maximum absolute atomic E-state index is 13.3. The largest absolute Gasteiger partial charge is 0.451 e. The summed E-state index contributed by atoms with van der Waals surface area (Å²) in [5.41, 5.74) is -8.43. The Morgan fingerprint density at radius 3 is 1.00 bits per heavy atom. The molecule has 0 saturated carbocycles. The molecule has 1 aromatic carbocycles. The number of fused-ring (bicyclic) bond motifs is 2. The third kappa shape index (κ3) is 4.80. The fraction of sp³-hybridized carbons (Fsp3) is 0.0625. The molecule has 50 heavy (non-hydrogen) atoms. The van der Waals surface area contributed by atoms with Gasteiger partial charge in [-0.3, -0.25) is 0 Å². The van der Waals surface area contributed by atoms with Gasteiger partial charge in [0.15, 0.2) is 0 Å². The molecule has 18 heteroatoms. The number of benzene rings is 1. The lowest BCUT2D eigenvalue weighted by molar-refractivity contribution is -0.145. The fourth-order valence-corrected chi connectivity index (χ4v) is 5.51. The first-order chi connectivity index (χ1) is 23.8. The number of alkyl halides is 6. The highest BCUT2D eigenvalue weighted by molar-refractivity contribution is 6.32. The lowest BCUT2D eigenvalue weighted by atomic mass is 9.82. The molecule has 0 fully saturated rings. The molecule has 3 aromatic rings. The molecular weight excluding hydrogens is 666 g/mol. The third-order valence-electron chi connectivity index (χ3n) is 7.28. The van der Waals surface area contributed by atoms with Gasteiger partial charge in [-0.05, 0) is 0 Å². The van der Waals surface area contributed by atoms with E-state index in [1.165, 1.54) is 0 Å². The zero-order valence-electron chi connectivity index (χ0n) is 23.9. The molecule has 0 aliphatic heterocycles. The highest BCUT2D eigenvalue weighted by Gasteiger charge is 2.44. The molecule has 2 aliphatic carbocycles. The van der Waals surface area contributed by atoms with Crippen LogP contribution in [-0.4, -0.2) is 19.9 Å². The summed E-state index contributed by atoms with van der Waals surface area (Å²) >= 11 is 0. The van der Waals surface area contributed by atoms with Crippen molar-refractivity contribution in [2.24, 2.45) is 0 Å². The second kappa shape index (κ2) is 11.9. The number of nitrogens with zero attached hydrogens (tertiary/aromatic N) is 12. The minimum atomic E-state index is -4.99.